The lowest BCUT2D eigenvalue weighted by atomic mass is 9.96. The standard InChI is InChI=1S/C21H21N3O3/c1-26-17-7-4-6-16(10-17)20-18(12-23-24-20)21(25)22-11-14-9-15-5-2-3-8-19(15)27-13-14/h2-8,10,12,14H,9,11,13H2,1H3,(H,22,25)(H,23,24). The van der Waals surface area contributed by atoms with Gasteiger partial charge in [-0.05, 0) is 30.2 Å². The van der Waals surface area contributed by atoms with Crippen molar-refractivity contribution in [2.75, 3.05) is 20.3 Å². The van der Waals surface area contributed by atoms with Crippen LogP contribution in [0.25, 0.3) is 11.3 Å². The van der Waals surface area contributed by atoms with E-state index in [4.69, 9.17) is 9.47 Å². The van der Waals surface area contributed by atoms with E-state index in [0.29, 0.717) is 24.4 Å². The molecule has 0 radical (unpaired) electrons. The van der Waals surface area contributed by atoms with Gasteiger partial charge in [-0.15, -0.1) is 0 Å². The molecule has 0 saturated heterocycles. The number of aromatic amines is 1. The second-order valence-electron chi connectivity index (χ2n) is 6.59. The van der Waals surface area contributed by atoms with Crippen LogP contribution in [0.3, 0.4) is 0 Å². The summed E-state index contributed by atoms with van der Waals surface area (Å²) in [6.07, 6.45) is 2.45. The molecule has 4 rings (SSSR count). The Balaban J connectivity index is 1.43. The zero-order chi connectivity index (χ0) is 18.6. The molecule has 1 aliphatic rings. The topological polar surface area (TPSA) is 76.2 Å². The molecule has 2 heterocycles. The number of carbonyl (C=O) groups is 1. The molecule has 0 fully saturated rings. The molecule has 1 aromatic heterocycles. The number of H-pyrrole nitrogens is 1. The quantitative estimate of drug-likeness (QED) is 0.730. The third-order valence-corrected chi connectivity index (χ3v) is 4.75. The largest absolute Gasteiger partial charge is 0.497 e. The van der Waals surface area contributed by atoms with E-state index in [1.807, 2.05) is 42.5 Å². The van der Waals surface area contributed by atoms with Gasteiger partial charge in [-0.2, -0.15) is 5.10 Å². The molecule has 0 spiro atoms. The number of para-hydroxylation sites is 1. The predicted molar refractivity (Wildman–Crippen MR) is 102 cm³/mol. The Morgan fingerprint density at radius 3 is 3.07 bits per heavy atom. The van der Waals surface area contributed by atoms with E-state index in [9.17, 15) is 4.79 Å². The van der Waals surface area contributed by atoms with Crippen LogP contribution in [0, 0.1) is 5.92 Å². The number of hydrogen-bond acceptors (Lipinski definition) is 4. The summed E-state index contributed by atoms with van der Waals surface area (Å²) in [5.41, 5.74) is 3.23. The number of hydrogen-bond donors (Lipinski definition) is 2. The van der Waals surface area contributed by atoms with E-state index < -0.39 is 0 Å². The first-order valence-corrected chi connectivity index (χ1v) is 8.91. The lowest BCUT2D eigenvalue weighted by Gasteiger charge is -2.25. The average Bonchev–Trinajstić information content (AvgIpc) is 3.22. The summed E-state index contributed by atoms with van der Waals surface area (Å²) >= 11 is 0. The SMILES string of the molecule is COc1cccc(-c2[nH]ncc2C(=O)NCC2COc3ccccc3C2)c1. The van der Waals surface area contributed by atoms with Gasteiger partial charge in [-0.25, -0.2) is 0 Å². The number of carbonyl (C=O) groups excluding carboxylic acids is 1. The van der Waals surface area contributed by atoms with Gasteiger partial charge >= 0.3 is 0 Å². The number of benzene rings is 2. The van der Waals surface area contributed by atoms with E-state index in [1.54, 1.807) is 13.3 Å². The molecule has 1 amide bonds. The highest BCUT2D eigenvalue weighted by molar-refractivity contribution is 5.99. The molecular weight excluding hydrogens is 342 g/mol. The Labute approximate surface area is 157 Å². The van der Waals surface area contributed by atoms with E-state index in [-0.39, 0.29) is 11.8 Å². The molecule has 27 heavy (non-hydrogen) atoms. The van der Waals surface area contributed by atoms with Crippen LogP contribution in [0.2, 0.25) is 0 Å². The number of rotatable bonds is 5. The van der Waals surface area contributed by atoms with Crippen LogP contribution in [0.4, 0.5) is 0 Å². The van der Waals surface area contributed by atoms with Crippen LogP contribution in [-0.2, 0) is 6.42 Å². The summed E-state index contributed by atoms with van der Waals surface area (Å²) in [5, 5.41) is 9.98. The van der Waals surface area contributed by atoms with Gasteiger partial charge < -0.3 is 14.8 Å². The van der Waals surface area contributed by atoms with Crippen LogP contribution in [0.1, 0.15) is 15.9 Å². The number of ether oxygens (including phenoxy) is 2. The maximum absolute atomic E-state index is 12.7. The number of amides is 1. The monoisotopic (exact) mass is 363 g/mol. The highest BCUT2D eigenvalue weighted by Crippen LogP contribution is 2.27. The lowest BCUT2D eigenvalue weighted by Crippen LogP contribution is -2.34. The fraction of sp³-hybridized carbons (Fsp3) is 0.238. The molecule has 6 heteroatoms. The summed E-state index contributed by atoms with van der Waals surface area (Å²) in [6.45, 7) is 1.15. The Morgan fingerprint density at radius 1 is 1.30 bits per heavy atom. The van der Waals surface area contributed by atoms with Gasteiger partial charge in [-0.3, -0.25) is 9.89 Å². The van der Waals surface area contributed by atoms with Gasteiger partial charge in [0, 0.05) is 18.0 Å². The zero-order valence-electron chi connectivity index (χ0n) is 15.1. The second kappa shape index (κ2) is 7.53. The van der Waals surface area contributed by atoms with Crippen molar-refractivity contribution in [2.45, 2.75) is 6.42 Å². The fourth-order valence-electron chi connectivity index (χ4n) is 3.31. The summed E-state index contributed by atoms with van der Waals surface area (Å²) in [6, 6.07) is 15.6. The third kappa shape index (κ3) is 3.65. The van der Waals surface area contributed by atoms with Crippen molar-refractivity contribution >= 4 is 5.91 Å². The molecule has 2 aromatic carbocycles. The molecule has 1 atom stereocenters. The van der Waals surface area contributed by atoms with Crippen molar-refractivity contribution in [3.05, 3.63) is 65.9 Å². The van der Waals surface area contributed by atoms with Crippen LogP contribution in [-0.4, -0.2) is 36.4 Å². The molecule has 1 aliphatic heterocycles. The fourth-order valence-corrected chi connectivity index (χ4v) is 3.31. The molecule has 138 valence electrons. The Bertz CT molecular complexity index is 951. The van der Waals surface area contributed by atoms with Gasteiger partial charge in [0.25, 0.3) is 5.91 Å². The minimum Gasteiger partial charge on any atom is -0.497 e. The second-order valence-corrected chi connectivity index (χ2v) is 6.59. The van der Waals surface area contributed by atoms with Crippen molar-refractivity contribution in [1.29, 1.82) is 0 Å². The molecule has 1 unspecified atom stereocenters. The third-order valence-electron chi connectivity index (χ3n) is 4.75. The van der Waals surface area contributed by atoms with Crippen molar-refractivity contribution in [3.63, 3.8) is 0 Å². The smallest absolute Gasteiger partial charge is 0.255 e. The van der Waals surface area contributed by atoms with E-state index >= 15 is 0 Å². The highest BCUT2D eigenvalue weighted by atomic mass is 16.5. The van der Waals surface area contributed by atoms with Crippen LogP contribution >= 0.6 is 0 Å². The minimum absolute atomic E-state index is 0.152. The molecular formula is C21H21N3O3. The van der Waals surface area contributed by atoms with Crippen molar-refractivity contribution in [3.8, 4) is 22.8 Å². The lowest BCUT2D eigenvalue weighted by molar-refractivity contribution is 0.0939. The average molecular weight is 363 g/mol. The van der Waals surface area contributed by atoms with Gasteiger partial charge in [0.1, 0.15) is 11.5 Å². The summed E-state index contributed by atoms with van der Waals surface area (Å²) in [5.74, 6) is 1.76. The van der Waals surface area contributed by atoms with Crippen LogP contribution < -0.4 is 14.8 Å². The number of nitrogens with one attached hydrogen (secondary N) is 2. The van der Waals surface area contributed by atoms with Crippen molar-refractivity contribution in [1.82, 2.24) is 15.5 Å². The molecule has 3 aromatic rings. The molecule has 6 nitrogen and oxygen atoms in total. The van der Waals surface area contributed by atoms with E-state index in [0.717, 1.165) is 23.5 Å². The minimum atomic E-state index is -0.152. The summed E-state index contributed by atoms with van der Waals surface area (Å²) in [7, 11) is 1.62. The number of methoxy groups -OCH3 is 1. The Morgan fingerprint density at radius 2 is 2.19 bits per heavy atom. The van der Waals surface area contributed by atoms with Crippen LogP contribution in [0.5, 0.6) is 11.5 Å². The maximum Gasteiger partial charge on any atom is 0.255 e. The predicted octanol–water partition coefficient (Wildman–Crippen LogP) is 3.07. The van der Waals surface area contributed by atoms with Crippen LogP contribution in [0.15, 0.2) is 54.7 Å². The van der Waals surface area contributed by atoms with Gasteiger partial charge in [0.15, 0.2) is 0 Å². The Kier molecular flexibility index (Phi) is 4.78. The number of nitrogens with zero attached hydrogens (tertiary/aromatic N) is 1. The number of aromatic nitrogens is 2. The van der Waals surface area contributed by atoms with Crippen molar-refractivity contribution < 1.29 is 14.3 Å². The van der Waals surface area contributed by atoms with Gasteiger partial charge in [0.2, 0.25) is 0 Å². The molecule has 0 saturated carbocycles. The summed E-state index contributed by atoms with van der Waals surface area (Å²) in [4.78, 5) is 12.7. The first-order valence-electron chi connectivity index (χ1n) is 8.91. The van der Waals surface area contributed by atoms with Gasteiger partial charge in [-0.1, -0.05) is 30.3 Å². The first-order chi connectivity index (χ1) is 13.2. The summed E-state index contributed by atoms with van der Waals surface area (Å²) < 4.78 is 11.1. The maximum atomic E-state index is 12.7. The Hall–Kier alpha value is -3.28. The van der Waals surface area contributed by atoms with Crippen molar-refractivity contribution in [2.24, 2.45) is 5.92 Å². The molecule has 0 bridgehead atoms. The highest BCUT2D eigenvalue weighted by Gasteiger charge is 2.21. The zero-order valence-corrected chi connectivity index (χ0v) is 15.1. The number of fused-ring (bicyclic) bond motifs is 1. The van der Waals surface area contributed by atoms with Gasteiger partial charge in [0.05, 0.1) is 31.2 Å². The normalized spacial score (nSPS) is 15.5. The molecule has 0 aliphatic carbocycles. The van der Waals surface area contributed by atoms with E-state index in [1.165, 1.54) is 5.56 Å². The van der Waals surface area contributed by atoms with E-state index in [2.05, 4.69) is 21.6 Å². The molecule has 2 N–H and O–H groups in total. The first kappa shape index (κ1) is 17.1.